The first kappa shape index (κ1) is 16.8. The first-order valence-corrected chi connectivity index (χ1v) is 8.55. The molecule has 3 rings (SSSR count). The first-order valence-electron chi connectivity index (χ1n) is 8.55. The third-order valence-electron chi connectivity index (χ3n) is 4.87. The van der Waals surface area contributed by atoms with Crippen LogP contribution in [0.5, 0.6) is 0 Å². The summed E-state index contributed by atoms with van der Waals surface area (Å²) < 4.78 is 7.52. The van der Waals surface area contributed by atoms with Crippen LogP contribution in [0, 0.1) is 12.8 Å². The number of carbonyl (C=O) groups excluding carboxylic acids is 1. The van der Waals surface area contributed by atoms with Crippen molar-refractivity contribution in [2.24, 2.45) is 13.0 Å². The molecule has 1 aliphatic rings. The number of hydrogen-bond donors (Lipinski definition) is 1. The minimum absolute atomic E-state index is 0.00879. The Hall–Kier alpha value is -2.08. The Labute approximate surface area is 142 Å². The molecule has 0 bridgehead atoms. The van der Waals surface area contributed by atoms with Crippen LogP contribution in [-0.4, -0.2) is 38.6 Å². The molecule has 0 spiro atoms. The Morgan fingerprint density at radius 1 is 1.54 bits per heavy atom. The van der Waals surface area contributed by atoms with Crippen molar-refractivity contribution >= 4 is 5.91 Å². The van der Waals surface area contributed by atoms with Crippen molar-refractivity contribution in [1.29, 1.82) is 0 Å². The molecule has 0 aliphatic carbocycles. The second-order valence-electron chi connectivity index (χ2n) is 6.57. The van der Waals surface area contributed by atoms with Crippen molar-refractivity contribution in [2.75, 3.05) is 13.1 Å². The topological polar surface area (TPSA) is 71.5 Å². The zero-order chi connectivity index (χ0) is 17.3. The van der Waals surface area contributed by atoms with Crippen LogP contribution in [0.4, 0.5) is 0 Å². The summed E-state index contributed by atoms with van der Waals surface area (Å²) in [6, 6.07) is 1.82. The van der Waals surface area contributed by atoms with Crippen molar-refractivity contribution in [3.63, 3.8) is 0 Å². The summed E-state index contributed by atoms with van der Waals surface area (Å²) in [5.41, 5.74) is 1.02. The highest BCUT2D eigenvalue weighted by Crippen LogP contribution is 2.29. The largest absolute Gasteiger partial charge is 0.456 e. The highest BCUT2D eigenvalue weighted by atomic mass is 16.4. The lowest BCUT2D eigenvalue weighted by atomic mass is 9.92. The molecule has 0 aromatic carbocycles. The molecule has 0 saturated carbocycles. The van der Waals surface area contributed by atoms with Crippen molar-refractivity contribution < 1.29 is 14.3 Å². The zero-order valence-electron chi connectivity index (χ0n) is 14.5. The van der Waals surface area contributed by atoms with E-state index in [1.54, 1.807) is 11.1 Å². The zero-order valence-corrected chi connectivity index (χ0v) is 14.5. The van der Waals surface area contributed by atoms with Crippen LogP contribution in [0.2, 0.25) is 0 Å². The van der Waals surface area contributed by atoms with Gasteiger partial charge in [0.2, 0.25) is 0 Å². The van der Waals surface area contributed by atoms with Crippen LogP contribution in [0.15, 0.2) is 22.9 Å². The van der Waals surface area contributed by atoms with E-state index in [4.69, 9.17) is 4.42 Å². The average Bonchev–Trinajstić information content (AvgIpc) is 3.19. The number of amides is 1. The number of imidazole rings is 1. The summed E-state index contributed by atoms with van der Waals surface area (Å²) in [6.07, 6.45) is 5.38. The van der Waals surface area contributed by atoms with Gasteiger partial charge in [-0.15, -0.1) is 0 Å². The number of nitrogens with zero attached hydrogens (tertiary/aromatic N) is 3. The summed E-state index contributed by atoms with van der Waals surface area (Å²) in [5, 5.41) is 10.6. The van der Waals surface area contributed by atoms with Gasteiger partial charge in [0.05, 0.1) is 0 Å². The highest BCUT2D eigenvalue weighted by Gasteiger charge is 2.32. The molecule has 2 aromatic rings. The Morgan fingerprint density at radius 3 is 2.96 bits per heavy atom. The molecule has 1 saturated heterocycles. The summed E-state index contributed by atoms with van der Waals surface area (Å²) in [5.74, 6) is 1.81. The number of likely N-dealkylation sites (tertiary alicyclic amines) is 1. The number of aromatic nitrogens is 2. The predicted molar refractivity (Wildman–Crippen MR) is 89.6 cm³/mol. The number of rotatable bonds is 4. The second kappa shape index (κ2) is 6.81. The van der Waals surface area contributed by atoms with E-state index in [0.717, 1.165) is 30.6 Å². The van der Waals surface area contributed by atoms with Crippen LogP contribution in [0.3, 0.4) is 0 Å². The van der Waals surface area contributed by atoms with Gasteiger partial charge in [0.25, 0.3) is 5.91 Å². The van der Waals surface area contributed by atoms with E-state index in [2.05, 4.69) is 4.98 Å². The van der Waals surface area contributed by atoms with Gasteiger partial charge in [-0.1, -0.05) is 6.92 Å². The Bertz CT molecular complexity index is 719. The SMILES string of the molecule is CCc1oc(C(=O)N2CCCC(C(O)c3nccn3C)C2)cc1C. The molecule has 1 amide bonds. The molecule has 0 radical (unpaired) electrons. The fraction of sp³-hybridized carbons (Fsp3) is 0.556. The minimum atomic E-state index is -0.662. The number of aliphatic hydroxyl groups is 1. The predicted octanol–water partition coefficient (Wildman–Crippen LogP) is 2.47. The lowest BCUT2D eigenvalue weighted by molar-refractivity contribution is 0.0339. The Kier molecular flexibility index (Phi) is 4.76. The van der Waals surface area contributed by atoms with Crippen LogP contribution in [0.1, 0.15) is 53.6 Å². The maximum Gasteiger partial charge on any atom is 0.289 e. The lowest BCUT2D eigenvalue weighted by Crippen LogP contribution is -2.41. The van der Waals surface area contributed by atoms with Crippen LogP contribution in [0.25, 0.3) is 0 Å². The van der Waals surface area contributed by atoms with Gasteiger partial charge >= 0.3 is 0 Å². The molecule has 130 valence electrons. The van der Waals surface area contributed by atoms with E-state index < -0.39 is 6.10 Å². The number of piperidine rings is 1. The third kappa shape index (κ3) is 3.11. The molecule has 2 atom stereocenters. The van der Waals surface area contributed by atoms with Crippen LogP contribution >= 0.6 is 0 Å². The molecular formula is C18H25N3O3. The van der Waals surface area contributed by atoms with E-state index in [0.29, 0.717) is 24.7 Å². The van der Waals surface area contributed by atoms with Gasteiger partial charge in [-0.25, -0.2) is 4.98 Å². The monoisotopic (exact) mass is 331 g/mol. The van der Waals surface area contributed by atoms with Crippen molar-refractivity contribution in [3.05, 3.63) is 41.4 Å². The smallest absolute Gasteiger partial charge is 0.289 e. The molecule has 24 heavy (non-hydrogen) atoms. The molecule has 1 fully saturated rings. The number of hydrogen-bond acceptors (Lipinski definition) is 4. The van der Waals surface area contributed by atoms with Crippen molar-refractivity contribution in [1.82, 2.24) is 14.5 Å². The molecule has 1 aliphatic heterocycles. The van der Waals surface area contributed by atoms with Gasteiger partial charge in [0.15, 0.2) is 5.76 Å². The fourth-order valence-corrected chi connectivity index (χ4v) is 3.46. The second-order valence-corrected chi connectivity index (χ2v) is 6.57. The summed E-state index contributed by atoms with van der Waals surface area (Å²) in [6.45, 7) is 5.20. The molecule has 6 heteroatoms. The van der Waals surface area contributed by atoms with E-state index in [1.165, 1.54) is 0 Å². The standard InChI is InChI=1S/C18H25N3O3/c1-4-14-12(2)10-15(24-14)18(23)21-8-5-6-13(11-21)16(22)17-19-7-9-20(17)3/h7,9-10,13,16,22H,4-6,8,11H2,1-3H3. The molecule has 2 unspecified atom stereocenters. The van der Waals surface area contributed by atoms with Gasteiger partial charge in [-0.2, -0.15) is 0 Å². The van der Waals surface area contributed by atoms with Gasteiger partial charge in [-0.05, 0) is 31.4 Å². The van der Waals surface area contributed by atoms with Gasteiger partial charge in [-0.3, -0.25) is 4.79 Å². The van der Waals surface area contributed by atoms with Gasteiger partial charge in [0, 0.05) is 44.9 Å². The minimum Gasteiger partial charge on any atom is -0.456 e. The number of furan rings is 1. The van der Waals surface area contributed by atoms with E-state index >= 15 is 0 Å². The van der Waals surface area contributed by atoms with Crippen molar-refractivity contribution in [2.45, 2.75) is 39.2 Å². The molecule has 6 nitrogen and oxygen atoms in total. The van der Waals surface area contributed by atoms with Gasteiger partial charge in [0.1, 0.15) is 17.7 Å². The lowest BCUT2D eigenvalue weighted by Gasteiger charge is -2.34. The van der Waals surface area contributed by atoms with E-state index in [9.17, 15) is 9.90 Å². The normalized spacial score (nSPS) is 19.5. The molecule has 3 heterocycles. The highest BCUT2D eigenvalue weighted by molar-refractivity contribution is 5.91. The van der Waals surface area contributed by atoms with Gasteiger partial charge < -0.3 is 19.0 Å². The van der Waals surface area contributed by atoms with E-state index in [-0.39, 0.29) is 11.8 Å². The van der Waals surface area contributed by atoms with Crippen LogP contribution < -0.4 is 0 Å². The van der Waals surface area contributed by atoms with E-state index in [1.807, 2.05) is 37.7 Å². The quantitative estimate of drug-likeness (QED) is 0.934. The average molecular weight is 331 g/mol. The number of carbonyl (C=O) groups is 1. The summed E-state index contributed by atoms with van der Waals surface area (Å²) >= 11 is 0. The number of aryl methyl sites for hydroxylation is 3. The third-order valence-corrected chi connectivity index (χ3v) is 4.87. The maximum atomic E-state index is 12.7. The maximum absolute atomic E-state index is 12.7. The molecule has 2 aromatic heterocycles. The fourth-order valence-electron chi connectivity index (χ4n) is 3.46. The Balaban J connectivity index is 1.73. The Morgan fingerprint density at radius 2 is 2.33 bits per heavy atom. The summed E-state index contributed by atoms with van der Waals surface area (Å²) in [7, 11) is 1.87. The summed E-state index contributed by atoms with van der Waals surface area (Å²) in [4.78, 5) is 18.8. The molecule has 1 N–H and O–H groups in total. The molecular weight excluding hydrogens is 306 g/mol. The first-order chi connectivity index (χ1) is 11.5. The number of aliphatic hydroxyl groups excluding tert-OH is 1. The van der Waals surface area contributed by atoms with Crippen molar-refractivity contribution in [3.8, 4) is 0 Å². The van der Waals surface area contributed by atoms with Crippen LogP contribution in [-0.2, 0) is 13.5 Å².